The van der Waals surface area contributed by atoms with Crippen molar-refractivity contribution < 1.29 is 13.2 Å². The van der Waals surface area contributed by atoms with E-state index in [4.69, 9.17) is 11.6 Å². The van der Waals surface area contributed by atoms with Crippen LogP contribution in [0.5, 0.6) is 0 Å². The number of sulfone groups is 1. The second-order valence-corrected chi connectivity index (χ2v) is 8.26. The van der Waals surface area contributed by atoms with E-state index in [1.807, 2.05) is 18.2 Å². The van der Waals surface area contributed by atoms with Gasteiger partial charge >= 0.3 is 0 Å². The van der Waals surface area contributed by atoms with Crippen LogP contribution in [0.1, 0.15) is 6.42 Å². The average molecular weight is 450 g/mol. The largest absolute Gasteiger partial charge is 0.325 e. The Labute approximate surface area is 147 Å². The molecule has 0 bridgehead atoms. The number of anilines is 1. The molecule has 22 heavy (non-hydrogen) atoms. The monoisotopic (exact) mass is 449 g/mol. The van der Waals surface area contributed by atoms with Gasteiger partial charge in [0.05, 0.1) is 16.3 Å². The molecule has 0 heterocycles. The Bertz CT molecular complexity index is 776. The molecular weight excluding hydrogens is 437 g/mol. The van der Waals surface area contributed by atoms with Crippen LogP contribution >= 0.6 is 34.2 Å². The van der Waals surface area contributed by atoms with Crippen LogP contribution < -0.4 is 5.32 Å². The molecule has 0 aliphatic rings. The number of rotatable bonds is 5. The zero-order valence-corrected chi connectivity index (χ0v) is 15.2. The van der Waals surface area contributed by atoms with E-state index in [0.29, 0.717) is 10.7 Å². The van der Waals surface area contributed by atoms with Crippen molar-refractivity contribution in [3.05, 3.63) is 57.1 Å². The van der Waals surface area contributed by atoms with Gasteiger partial charge in [0.25, 0.3) is 0 Å². The molecule has 116 valence electrons. The molecule has 0 saturated heterocycles. The van der Waals surface area contributed by atoms with Crippen molar-refractivity contribution in [1.29, 1.82) is 0 Å². The van der Waals surface area contributed by atoms with E-state index in [1.165, 1.54) is 24.3 Å². The van der Waals surface area contributed by atoms with Crippen molar-refractivity contribution in [2.45, 2.75) is 11.3 Å². The molecule has 2 rings (SSSR count). The molecule has 0 spiro atoms. The van der Waals surface area contributed by atoms with E-state index < -0.39 is 9.84 Å². The quantitative estimate of drug-likeness (QED) is 0.707. The minimum atomic E-state index is -3.50. The van der Waals surface area contributed by atoms with E-state index >= 15 is 0 Å². The summed E-state index contributed by atoms with van der Waals surface area (Å²) in [4.78, 5) is 12.1. The van der Waals surface area contributed by atoms with E-state index in [2.05, 4.69) is 27.9 Å². The van der Waals surface area contributed by atoms with Gasteiger partial charge in [-0.15, -0.1) is 0 Å². The highest BCUT2D eigenvalue weighted by molar-refractivity contribution is 14.1. The molecule has 0 saturated carbocycles. The van der Waals surface area contributed by atoms with Gasteiger partial charge in [0, 0.05) is 15.0 Å². The number of halogens is 2. The summed E-state index contributed by atoms with van der Waals surface area (Å²) in [6, 6.07) is 13.2. The Balaban J connectivity index is 1.98. The third-order valence-electron chi connectivity index (χ3n) is 2.92. The summed E-state index contributed by atoms with van der Waals surface area (Å²) in [5.41, 5.74) is 0.678. The SMILES string of the molecule is O=C(CCS(=O)(=O)c1ccc(Cl)cc1)Nc1ccccc1I. The molecule has 0 aliphatic carbocycles. The van der Waals surface area contributed by atoms with Gasteiger partial charge in [-0.2, -0.15) is 0 Å². The fraction of sp³-hybridized carbons (Fsp3) is 0.133. The topological polar surface area (TPSA) is 63.2 Å². The molecule has 0 aliphatic heterocycles. The first-order valence-electron chi connectivity index (χ1n) is 6.41. The number of para-hydroxylation sites is 1. The van der Waals surface area contributed by atoms with Gasteiger partial charge in [-0.1, -0.05) is 23.7 Å². The van der Waals surface area contributed by atoms with Crippen LogP contribution in [0.25, 0.3) is 0 Å². The van der Waals surface area contributed by atoms with Crippen LogP contribution in [0.15, 0.2) is 53.4 Å². The lowest BCUT2D eigenvalue weighted by atomic mass is 10.3. The molecule has 0 fully saturated rings. The Hall–Kier alpha value is -1.12. The summed E-state index contributed by atoms with van der Waals surface area (Å²) >= 11 is 7.84. The van der Waals surface area contributed by atoms with Crippen LogP contribution in [0.2, 0.25) is 5.02 Å². The predicted molar refractivity (Wildman–Crippen MR) is 95.9 cm³/mol. The van der Waals surface area contributed by atoms with E-state index in [-0.39, 0.29) is 23.0 Å². The Morgan fingerprint density at radius 2 is 1.73 bits per heavy atom. The number of nitrogens with one attached hydrogen (secondary N) is 1. The van der Waals surface area contributed by atoms with Crippen LogP contribution in [0.4, 0.5) is 5.69 Å². The van der Waals surface area contributed by atoms with E-state index in [9.17, 15) is 13.2 Å². The first-order chi connectivity index (χ1) is 10.4. The lowest BCUT2D eigenvalue weighted by Crippen LogP contribution is -2.17. The van der Waals surface area contributed by atoms with Crippen LogP contribution in [-0.4, -0.2) is 20.1 Å². The molecule has 0 radical (unpaired) electrons. The number of carbonyl (C=O) groups is 1. The molecule has 0 unspecified atom stereocenters. The zero-order chi connectivity index (χ0) is 16.2. The fourth-order valence-electron chi connectivity index (χ4n) is 1.76. The zero-order valence-electron chi connectivity index (χ0n) is 11.4. The first-order valence-corrected chi connectivity index (χ1v) is 9.52. The maximum Gasteiger partial charge on any atom is 0.225 e. The Morgan fingerprint density at radius 1 is 1.09 bits per heavy atom. The lowest BCUT2D eigenvalue weighted by Gasteiger charge is -2.08. The van der Waals surface area contributed by atoms with Gasteiger partial charge in [0.1, 0.15) is 0 Å². The molecule has 4 nitrogen and oxygen atoms in total. The second kappa shape index (κ2) is 7.43. The number of benzene rings is 2. The maximum absolute atomic E-state index is 12.1. The maximum atomic E-state index is 12.1. The minimum absolute atomic E-state index is 0.101. The third kappa shape index (κ3) is 4.69. The standard InChI is InChI=1S/C15H13ClINO3S/c16-11-5-7-12(8-6-11)22(20,21)10-9-15(19)18-14-4-2-1-3-13(14)17/h1-8H,9-10H2,(H,18,19). The molecule has 1 amide bonds. The van der Waals surface area contributed by atoms with Crippen LogP contribution in [-0.2, 0) is 14.6 Å². The third-order valence-corrected chi connectivity index (χ3v) is 5.84. The number of hydrogen-bond donors (Lipinski definition) is 1. The summed E-state index contributed by atoms with van der Waals surface area (Å²) in [6.07, 6.45) is -0.101. The summed E-state index contributed by atoms with van der Waals surface area (Å²) in [5.74, 6) is -0.578. The molecule has 2 aromatic rings. The van der Waals surface area contributed by atoms with Crippen molar-refractivity contribution >= 4 is 55.6 Å². The molecule has 2 aromatic carbocycles. The fourth-order valence-corrected chi connectivity index (χ4v) is 3.65. The van der Waals surface area contributed by atoms with Crippen molar-refractivity contribution in [3.63, 3.8) is 0 Å². The molecule has 0 atom stereocenters. The van der Waals surface area contributed by atoms with Gasteiger partial charge in [0.2, 0.25) is 5.91 Å². The molecule has 0 aromatic heterocycles. The summed E-state index contributed by atoms with van der Waals surface area (Å²) in [6.45, 7) is 0. The smallest absolute Gasteiger partial charge is 0.225 e. The summed E-state index contributed by atoms with van der Waals surface area (Å²) < 4.78 is 25.2. The lowest BCUT2D eigenvalue weighted by molar-refractivity contribution is -0.115. The normalized spacial score (nSPS) is 11.2. The highest BCUT2D eigenvalue weighted by Gasteiger charge is 2.16. The summed E-state index contributed by atoms with van der Waals surface area (Å²) in [7, 11) is -3.50. The van der Waals surface area contributed by atoms with Gasteiger partial charge in [0.15, 0.2) is 9.84 Å². The van der Waals surface area contributed by atoms with Crippen LogP contribution in [0, 0.1) is 3.57 Å². The second-order valence-electron chi connectivity index (χ2n) is 4.55. The predicted octanol–water partition coefficient (Wildman–Crippen LogP) is 3.75. The Kier molecular flexibility index (Phi) is 5.82. The van der Waals surface area contributed by atoms with Gasteiger partial charge in [-0.25, -0.2) is 8.42 Å². The first kappa shape index (κ1) is 17.2. The molecule has 1 N–H and O–H groups in total. The minimum Gasteiger partial charge on any atom is -0.325 e. The van der Waals surface area contributed by atoms with Crippen molar-refractivity contribution in [3.8, 4) is 0 Å². The highest BCUT2D eigenvalue weighted by atomic mass is 127. The van der Waals surface area contributed by atoms with E-state index in [1.54, 1.807) is 6.07 Å². The number of carbonyl (C=O) groups excluding carboxylic acids is 1. The van der Waals surface area contributed by atoms with Crippen molar-refractivity contribution in [1.82, 2.24) is 0 Å². The molecular formula is C15H13ClINO3S. The number of amides is 1. The van der Waals surface area contributed by atoms with E-state index in [0.717, 1.165) is 3.57 Å². The van der Waals surface area contributed by atoms with Gasteiger partial charge in [-0.3, -0.25) is 4.79 Å². The summed E-state index contributed by atoms with van der Waals surface area (Å²) in [5, 5.41) is 3.18. The van der Waals surface area contributed by atoms with Gasteiger partial charge < -0.3 is 5.32 Å². The van der Waals surface area contributed by atoms with Crippen molar-refractivity contribution in [2.24, 2.45) is 0 Å². The van der Waals surface area contributed by atoms with Gasteiger partial charge in [-0.05, 0) is 59.0 Å². The number of hydrogen-bond acceptors (Lipinski definition) is 3. The highest BCUT2D eigenvalue weighted by Crippen LogP contribution is 2.18. The Morgan fingerprint density at radius 3 is 2.36 bits per heavy atom. The average Bonchev–Trinajstić information content (AvgIpc) is 2.48. The van der Waals surface area contributed by atoms with Crippen LogP contribution in [0.3, 0.4) is 0 Å². The molecule has 7 heteroatoms. The van der Waals surface area contributed by atoms with Crippen molar-refractivity contribution in [2.75, 3.05) is 11.1 Å².